The van der Waals surface area contributed by atoms with Crippen molar-refractivity contribution < 1.29 is 0 Å². The lowest BCUT2D eigenvalue weighted by Gasteiger charge is -2.17. The van der Waals surface area contributed by atoms with Crippen LogP contribution in [0.2, 0.25) is 0 Å². The molecule has 0 bridgehead atoms. The molecule has 5 rings (SSSR count). The third-order valence-electron chi connectivity index (χ3n) is 7.14. The average Bonchev–Trinajstić information content (AvgIpc) is 2.93. The van der Waals surface area contributed by atoms with Gasteiger partial charge in [-0.2, -0.15) is 0 Å². The first kappa shape index (κ1) is 24.5. The zero-order valence-corrected chi connectivity index (χ0v) is 22.0. The van der Waals surface area contributed by atoms with Gasteiger partial charge >= 0.3 is 0 Å². The van der Waals surface area contributed by atoms with Gasteiger partial charge in [0.15, 0.2) is 0 Å². The van der Waals surface area contributed by atoms with Crippen LogP contribution in [0.4, 0.5) is 0 Å². The summed E-state index contributed by atoms with van der Waals surface area (Å²) in [6, 6.07) is 22.1. The second-order valence-corrected chi connectivity index (χ2v) is 9.64. The van der Waals surface area contributed by atoms with Crippen molar-refractivity contribution in [1.82, 2.24) is 4.98 Å². The van der Waals surface area contributed by atoms with Crippen LogP contribution in [0.25, 0.3) is 51.7 Å². The third-order valence-corrected chi connectivity index (χ3v) is 7.14. The molecule has 1 nitrogen and oxygen atoms in total. The zero-order valence-electron chi connectivity index (χ0n) is 22.0. The van der Waals surface area contributed by atoms with E-state index in [4.69, 9.17) is 4.98 Å². The van der Waals surface area contributed by atoms with Gasteiger partial charge in [0, 0.05) is 17.3 Å². The Morgan fingerprint density at radius 2 is 1.54 bits per heavy atom. The summed E-state index contributed by atoms with van der Waals surface area (Å²) >= 11 is 0. The minimum atomic E-state index is 1.07. The maximum atomic E-state index is 4.76. The van der Waals surface area contributed by atoms with Gasteiger partial charge in [-0.3, -0.25) is 4.98 Å². The van der Waals surface area contributed by atoms with Crippen molar-refractivity contribution in [2.45, 2.75) is 33.6 Å². The molecule has 0 aliphatic heterocycles. The molecule has 0 saturated heterocycles. The predicted octanol–water partition coefficient (Wildman–Crippen LogP) is 9.89. The minimum Gasteiger partial charge on any atom is -0.256 e. The Bertz CT molecular complexity index is 1540. The first-order chi connectivity index (χ1) is 18.1. The van der Waals surface area contributed by atoms with Gasteiger partial charge in [0.2, 0.25) is 0 Å². The van der Waals surface area contributed by atoms with Gasteiger partial charge in [-0.25, -0.2) is 0 Å². The Labute approximate surface area is 221 Å². The van der Waals surface area contributed by atoms with Gasteiger partial charge in [0.05, 0.1) is 5.69 Å². The van der Waals surface area contributed by atoms with Crippen LogP contribution in [0, 0.1) is 13.8 Å². The topological polar surface area (TPSA) is 12.9 Å². The largest absolute Gasteiger partial charge is 0.256 e. The van der Waals surface area contributed by atoms with Gasteiger partial charge in [0.25, 0.3) is 0 Å². The van der Waals surface area contributed by atoms with E-state index in [0.29, 0.717) is 0 Å². The van der Waals surface area contributed by atoms with Crippen molar-refractivity contribution >= 4 is 18.2 Å². The molecule has 1 aliphatic carbocycles. The summed E-state index contributed by atoms with van der Waals surface area (Å²) in [6.07, 6.45) is 19.0. The second-order valence-electron chi connectivity index (χ2n) is 9.64. The highest BCUT2D eigenvalue weighted by atomic mass is 14.7. The number of benzene rings is 3. The van der Waals surface area contributed by atoms with Crippen LogP contribution in [0.3, 0.4) is 0 Å². The smallest absolute Gasteiger partial charge is 0.0777 e. The molecule has 0 saturated carbocycles. The molecule has 0 radical (unpaired) electrons. The summed E-state index contributed by atoms with van der Waals surface area (Å²) in [5.74, 6) is 0. The van der Waals surface area contributed by atoms with E-state index >= 15 is 0 Å². The van der Waals surface area contributed by atoms with Gasteiger partial charge in [-0.1, -0.05) is 97.6 Å². The summed E-state index contributed by atoms with van der Waals surface area (Å²) in [5.41, 5.74) is 14.8. The number of hydrogen-bond acceptors (Lipinski definition) is 1. The van der Waals surface area contributed by atoms with Crippen molar-refractivity contribution in [3.05, 3.63) is 131 Å². The average molecular weight is 480 g/mol. The number of aromatic nitrogens is 1. The lowest BCUT2D eigenvalue weighted by Crippen LogP contribution is -1.98. The number of pyridine rings is 1. The number of aryl methyl sites for hydroxylation is 3. The van der Waals surface area contributed by atoms with Gasteiger partial charge < -0.3 is 0 Å². The second kappa shape index (κ2) is 10.8. The summed E-state index contributed by atoms with van der Waals surface area (Å²) in [5, 5.41) is 0. The Morgan fingerprint density at radius 1 is 0.811 bits per heavy atom. The van der Waals surface area contributed by atoms with E-state index in [1.165, 1.54) is 55.6 Å². The van der Waals surface area contributed by atoms with E-state index in [9.17, 15) is 0 Å². The minimum absolute atomic E-state index is 1.07. The number of allylic oxidation sites excluding steroid dienone is 4. The highest BCUT2D eigenvalue weighted by molar-refractivity contribution is 5.87. The third kappa shape index (κ3) is 4.90. The number of fused-ring (bicyclic) bond motifs is 1. The summed E-state index contributed by atoms with van der Waals surface area (Å²) in [4.78, 5) is 4.76. The Kier molecular flexibility index (Phi) is 7.14. The van der Waals surface area contributed by atoms with Crippen LogP contribution in [0.5, 0.6) is 0 Å². The molecule has 1 aliphatic rings. The van der Waals surface area contributed by atoms with Crippen LogP contribution < -0.4 is 0 Å². The SMILES string of the molecule is C=C/C=C\c1c(C)cc(C)c(/C=C\C)c1-c1ccc(-c2cccc(-c3nccc4c3C=CCC4)c2)cc1. The molecule has 0 fully saturated rings. The first-order valence-electron chi connectivity index (χ1n) is 13.0. The van der Waals surface area contributed by atoms with Crippen LogP contribution in [0.15, 0.2) is 97.7 Å². The molecule has 37 heavy (non-hydrogen) atoms. The van der Waals surface area contributed by atoms with E-state index in [1.807, 2.05) is 18.3 Å². The molecule has 0 N–H and O–H groups in total. The van der Waals surface area contributed by atoms with Crippen molar-refractivity contribution in [2.75, 3.05) is 0 Å². The normalized spacial score (nSPS) is 12.8. The number of hydrogen-bond donors (Lipinski definition) is 0. The van der Waals surface area contributed by atoms with Gasteiger partial charge in [-0.15, -0.1) is 0 Å². The lowest BCUT2D eigenvalue weighted by molar-refractivity contribution is 0.978. The van der Waals surface area contributed by atoms with Crippen molar-refractivity contribution in [2.24, 2.45) is 0 Å². The van der Waals surface area contributed by atoms with Crippen molar-refractivity contribution in [1.29, 1.82) is 0 Å². The molecular formula is C36H33N. The highest BCUT2D eigenvalue weighted by Crippen LogP contribution is 2.36. The fraction of sp³-hybridized carbons (Fsp3) is 0.139. The molecule has 0 atom stereocenters. The van der Waals surface area contributed by atoms with Gasteiger partial charge in [0.1, 0.15) is 0 Å². The summed E-state index contributed by atoms with van der Waals surface area (Å²) in [6.45, 7) is 10.3. The molecule has 4 aromatic rings. The van der Waals surface area contributed by atoms with E-state index in [0.717, 1.165) is 24.1 Å². The summed E-state index contributed by atoms with van der Waals surface area (Å²) in [7, 11) is 0. The van der Waals surface area contributed by atoms with E-state index in [1.54, 1.807) is 0 Å². The molecule has 182 valence electrons. The standard InChI is InChI=1S/C36H33N/c1-5-7-15-33-26(4)23-25(3)32(11-6-2)35(33)29-19-17-27(18-20-29)30-13-10-14-31(24-30)36-34-16-9-8-12-28(34)21-22-37-36/h5-7,9-11,13-24H,1,8,12H2,2-4H3/b11-6-,15-7-. The molecule has 0 amide bonds. The maximum Gasteiger partial charge on any atom is 0.0777 e. The van der Waals surface area contributed by atoms with Crippen LogP contribution >= 0.6 is 0 Å². The van der Waals surface area contributed by atoms with E-state index < -0.39 is 0 Å². The Hall–Kier alpha value is -4.23. The van der Waals surface area contributed by atoms with E-state index in [-0.39, 0.29) is 0 Å². The molecule has 1 heteroatoms. The first-order valence-corrected chi connectivity index (χ1v) is 13.0. The van der Waals surface area contributed by atoms with Crippen molar-refractivity contribution in [3.8, 4) is 33.5 Å². The van der Waals surface area contributed by atoms with Crippen molar-refractivity contribution in [3.63, 3.8) is 0 Å². The van der Waals surface area contributed by atoms with Crippen LogP contribution in [0.1, 0.15) is 46.7 Å². The monoisotopic (exact) mass is 479 g/mol. The molecule has 1 heterocycles. The zero-order chi connectivity index (χ0) is 25.8. The molecular weight excluding hydrogens is 446 g/mol. The van der Waals surface area contributed by atoms with Crippen LogP contribution in [-0.2, 0) is 6.42 Å². The van der Waals surface area contributed by atoms with Crippen LogP contribution in [-0.4, -0.2) is 4.98 Å². The number of rotatable bonds is 6. The van der Waals surface area contributed by atoms with Gasteiger partial charge in [-0.05, 0) is 95.8 Å². The molecule has 3 aromatic carbocycles. The fourth-order valence-corrected chi connectivity index (χ4v) is 5.35. The summed E-state index contributed by atoms with van der Waals surface area (Å²) < 4.78 is 0. The Morgan fingerprint density at radius 3 is 2.30 bits per heavy atom. The van der Waals surface area contributed by atoms with E-state index in [2.05, 4.69) is 118 Å². The Balaban J connectivity index is 1.57. The molecule has 0 unspecified atom stereocenters. The molecule has 1 aromatic heterocycles. The fourth-order valence-electron chi connectivity index (χ4n) is 5.35. The lowest BCUT2D eigenvalue weighted by atomic mass is 9.87. The maximum absolute atomic E-state index is 4.76. The quantitative estimate of drug-likeness (QED) is 0.251. The highest BCUT2D eigenvalue weighted by Gasteiger charge is 2.15. The number of nitrogens with zero attached hydrogens (tertiary/aromatic N) is 1. The predicted molar refractivity (Wildman–Crippen MR) is 161 cm³/mol. The molecule has 0 spiro atoms.